The lowest BCUT2D eigenvalue weighted by atomic mass is 10.1. The number of rotatable bonds is 4. The summed E-state index contributed by atoms with van der Waals surface area (Å²) in [7, 11) is 0. The maximum Gasteiger partial charge on any atom is 0.244 e. The zero-order chi connectivity index (χ0) is 13.8. The molecule has 20 heavy (non-hydrogen) atoms. The Morgan fingerprint density at radius 1 is 1.40 bits per heavy atom. The molecule has 2 N–H and O–H groups in total. The maximum atomic E-state index is 12.3. The lowest BCUT2D eigenvalue weighted by Crippen LogP contribution is -2.39. The highest BCUT2D eigenvalue weighted by Gasteiger charge is 2.30. The second-order valence-electron chi connectivity index (χ2n) is 4.94. The van der Waals surface area contributed by atoms with Crippen LogP contribution in [-0.2, 0) is 11.3 Å². The van der Waals surface area contributed by atoms with Crippen molar-refractivity contribution in [3.63, 3.8) is 0 Å². The number of H-pyrrole nitrogens is 1. The first-order valence-electron chi connectivity index (χ1n) is 6.77. The predicted molar refractivity (Wildman–Crippen MR) is 74.9 cm³/mol. The summed E-state index contributed by atoms with van der Waals surface area (Å²) in [6, 6.07) is 10.1. The van der Waals surface area contributed by atoms with Crippen molar-refractivity contribution in [2.75, 3.05) is 11.9 Å². The first-order chi connectivity index (χ1) is 9.83. The van der Waals surface area contributed by atoms with E-state index in [-0.39, 0.29) is 11.9 Å². The Bertz CT molecular complexity index is 554. The van der Waals surface area contributed by atoms with E-state index in [4.69, 9.17) is 0 Å². The number of benzene rings is 1. The molecule has 3 rings (SSSR count). The van der Waals surface area contributed by atoms with Crippen LogP contribution in [-0.4, -0.2) is 38.6 Å². The van der Waals surface area contributed by atoms with Crippen LogP contribution in [0.2, 0.25) is 0 Å². The predicted octanol–water partition coefficient (Wildman–Crippen LogP) is 1.41. The molecular formula is C14H17N5O. The number of hydrogen-bond acceptors (Lipinski definition) is 4. The SMILES string of the molecule is O=C(Nc1ncn[nH]1)C1CCCN1Cc1ccccc1. The van der Waals surface area contributed by atoms with Gasteiger partial charge in [0, 0.05) is 6.54 Å². The van der Waals surface area contributed by atoms with Crippen LogP contribution in [0, 0.1) is 0 Å². The fraction of sp³-hybridized carbons (Fsp3) is 0.357. The molecule has 1 aliphatic heterocycles. The molecule has 0 spiro atoms. The molecule has 0 saturated carbocycles. The maximum absolute atomic E-state index is 12.3. The monoisotopic (exact) mass is 271 g/mol. The summed E-state index contributed by atoms with van der Waals surface area (Å²) in [5, 5.41) is 9.14. The van der Waals surface area contributed by atoms with Crippen molar-refractivity contribution in [1.82, 2.24) is 20.1 Å². The molecular weight excluding hydrogens is 254 g/mol. The minimum atomic E-state index is -0.0969. The molecule has 1 aliphatic rings. The van der Waals surface area contributed by atoms with Crippen molar-refractivity contribution < 1.29 is 4.79 Å². The zero-order valence-electron chi connectivity index (χ0n) is 11.1. The van der Waals surface area contributed by atoms with Gasteiger partial charge in [0.15, 0.2) is 0 Å². The van der Waals surface area contributed by atoms with E-state index in [1.807, 2.05) is 18.2 Å². The van der Waals surface area contributed by atoms with Gasteiger partial charge in [0.25, 0.3) is 0 Å². The highest BCUT2D eigenvalue weighted by Crippen LogP contribution is 2.21. The average Bonchev–Trinajstić information content (AvgIpc) is 3.11. The third-order valence-electron chi connectivity index (χ3n) is 3.55. The third kappa shape index (κ3) is 2.85. The van der Waals surface area contributed by atoms with Gasteiger partial charge in [0.05, 0.1) is 6.04 Å². The first kappa shape index (κ1) is 12.8. The van der Waals surface area contributed by atoms with E-state index in [0.717, 1.165) is 25.9 Å². The number of aromatic amines is 1. The molecule has 1 aromatic carbocycles. The highest BCUT2D eigenvalue weighted by molar-refractivity contribution is 5.93. The van der Waals surface area contributed by atoms with E-state index in [1.165, 1.54) is 11.9 Å². The van der Waals surface area contributed by atoms with Gasteiger partial charge in [-0.3, -0.25) is 15.0 Å². The quantitative estimate of drug-likeness (QED) is 0.881. The summed E-state index contributed by atoms with van der Waals surface area (Å²) in [5.41, 5.74) is 1.23. The average molecular weight is 271 g/mol. The van der Waals surface area contributed by atoms with Crippen molar-refractivity contribution in [2.45, 2.75) is 25.4 Å². The Morgan fingerprint density at radius 3 is 3.00 bits per heavy atom. The van der Waals surface area contributed by atoms with Gasteiger partial charge in [0.2, 0.25) is 11.9 Å². The van der Waals surface area contributed by atoms with Crippen molar-refractivity contribution in [1.29, 1.82) is 0 Å². The third-order valence-corrected chi connectivity index (χ3v) is 3.55. The molecule has 0 radical (unpaired) electrons. The molecule has 1 saturated heterocycles. The fourth-order valence-electron chi connectivity index (χ4n) is 2.60. The van der Waals surface area contributed by atoms with Gasteiger partial charge in [0.1, 0.15) is 6.33 Å². The van der Waals surface area contributed by atoms with Crippen molar-refractivity contribution in [3.8, 4) is 0 Å². The Hall–Kier alpha value is -2.21. The topological polar surface area (TPSA) is 73.9 Å². The van der Waals surface area contributed by atoms with Gasteiger partial charge in [-0.05, 0) is 24.9 Å². The molecule has 1 fully saturated rings. The van der Waals surface area contributed by atoms with Crippen LogP contribution in [0.25, 0.3) is 0 Å². The Kier molecular flexibility index (Phi) is 3.73. The van der Waals surface area contributed by atoms with Crippen LogP contribution in [0.1, 0.15) is 18.4 Å². The number of likely N-dealkylation sites (tertiary alicyclic amines) is 1. The van der Waals surface area contributed by atoms with Gasteiger partial charge in [-0.2, -0.15) is 10.1 Å². The second-order valence-corrected chi connectivity index (χ2v) is 4.94. The highest BCUT2D eigenvalue weighted by atomic mass is 16.2. The summed E-state index contributed by atoms with van der Waals surface area (Å²) in [5.74, 6) is 0.386. The summed E-state index contributed by atoms with van der Waals surface area (Å²) >= 11 is 0. The molecule has 1 unspecified atom stereocenters. The number of nitrogens with one attached hydrogen (secondary N) is 2. The van der Waals surface area contributed by atoms with Crippen LogP contribution < -0.4 is 5.32 Å². The summed E-state index contributed by atoms with van der Waals surface area (Å²) in [6.07, 6.45) is 3.31. The van der Waals surface area contributed by atoms with Crippen LogP contribution in [0.3, 0.4) is 0 Å². The largest absolute Gasteiger partial charge is 0.294 e. The number of amides is 1. The van der Waals surface area contributed by atoms with Gasteiger partial charge in [-0.15, -0.1) is 0 Å². The van der Waals surface area contributed by atoms with Crippen molar-refractivity contribution in [2.24, 2.45) is 0 Å². The molecule has 1 aromatic heterocycles. The van der Waals surface area contributed by atoms with E-state index in [1.54, 1.807) is 0 Å². The van der Waals surface area contributed by atoms with E-state index in [2.05, 4.69) is 37.5 Å². The molecule has 0 aliphatic carbocycles. The van der Waals surface area contributed by atoms with Gasteiger partial charge < -0.3 is 0 Å². The molecule has 1 amide bonds. The Balaban J connectivity index is 1.64. The number of hydrogen-bond donors (Lipinski definition) is 2. The molecule has 1 atom stereocenters. The molecule has 6 heteroatoms. The van der Waals surface area contributed by atoms with Crippen LogP contribution in [0.4, 0.5) is 5.95 Å². The van der Waals surface area contributed by atoms with Crippen LogP contribution in [0.15, 0.2) is 36.7 Å². The summed E-state index contributed by atoms with van der Waals surface area (Å²) < 4.78 is 0. The molecule has 0 bridgehead atoms. The number of carbonyl (C=O) groups excluding carboxylic acids is 1. The number of nitrogens with zero attached hydrogens (tertiary/aromatic N) is 3. The molecule has 104 valence electrons. The second kappa shape index (κ2) is 5.83. The van der Waals surface area contributed by atoms with E-state index >= 15 is 0 Å². The van der Waals surface area contributed by atoms with E-state index < -0.39 is 0 Å². The molecule has 2 heterocycles. The Morgan fingerprint density at radius 2 is 2.25 bits per heavy atom. The van der Waals surface area contributed by atoms with Crippen molar-refractivity contribution in [3.05, 3.63) is 42.2 Å². The van der Waals surface area contributed by atoms with Crippen molar-refractivity contribution >= 4 is 11.9 Å². The van der Waals surface area contributed by atoms with Gasteiger partial charge in [-0.25, -0.2) is 5.10 Å². The van der Waals surface area contributed by atoms with E-state index in [9.17, 15) is 4.79 Å². The van der Waals surface area contributed by atoms with Crippen LogP contribution >= 0.6 is 0 Å². The van der Waals surface area contributed by atoms with E-state index in [0.29, 0.717) is 5.95 Å². The lowest BCUT2D eigenvalue weighted by Gasteiger charge is -2.23. The number of aromatic nitrogens is 3. The van der Waals surface area contributed by atoms with Crippen LogP contribution in [0.5, 0.6) is 0 Å². The normalized spacial score (nSPS) is 19.1. The fourth-order valence-corrected chi connectivity index (χ4v) is 2.60. The lowest BCUT2D eigenvalue weighted by molar-refractivity contribution is -0.120. The molecule has 2 aromatic rings. The summed E-state index contributed by atoms with van der Waals surface area (Å²) in [6.45, 7) is 1.75. The summed E-state index contributed by atoms with van der Waals surface area (Å²) in [4.78, 5) is 18.4. The zero-order valence-corrected chi connectivity index (χ0v) is 11.1. The minimum absolute atomic E-state index is 0.0184. The number of carbonyl (C=O) groups is 1. The smallest absolute Gasteiger partial charge is 0.244 e. The van der Waals surface area contributed by atoms with Gasteiger partial charge in [-0.1, -0.05) is 30.3 Å². The van der Waals surface area contributed by atoms with Gasteiger partial charge >= 0.3 is 0 Å². The Labute approximate surface area is 117 Å². The number of anilines is 1. The standard InChI is InChI=1S/C14H17N5O/c20-13(17-14-15-10-16-18-14)12-7-4-8-19(12)9-11-5-2-1-3-6-11/h1-3,5-6,10,12H,4,7-9H2,(H2,15,16,17,18,20). The molecule has 6 nitrogen and oxygen atoms in total. The minimum Gasteiger partial charge on any atom is -0.294 e. The first-order valence-corrected chi connectivity index (χ1v) is 6.77.